The van der Waals surface area contributed by atoms with Gasteiger partial charge in [-0.3, -0.25) is 0 Å². The maximum absolute atomic E-state index is 5.41. The van der Waals surface area contributed by atoms with Crippen LogP contribution in [0.1, 0.15) is 13.3 Å². The minimum absolute atomic E-state index is 0.513. The zero-order valence-corrected chi connectivity index (χ0v) is 13.1. The molecule has 2 rings (SSSR count). The zero-order valence-electron chi connectivity index (χ0n) is 11.6. The lowest BCUT2D eigenvalue weighted by Gasteiger charge is -2.21. The highest BCUT2D eigenvalue weighted by molar-refractivity contribution is 9.09. The van der Waals surface area contributed by atoms with Crippen molar-refractivity contribution in [1.82, 2.24) is 4.98 Å². The van der Waals surface area contributed by atoms with Gasteiger partial charge in [0.15, 0.2) is 0 Å². The molecule has 1 aromatic carbocycles. The average molecular weight is 323 g/mol. The molecule has 1 aromatic heterocycles. The Hall–Kier alpha value is -1.29. The largest absolute Gasteiger partial charge is 0.496 e. The van der Waals surface area contributed by atoms with Gasteiger partial charge in [0, 0.05) is 35.4 Å². The normalized spacial score (nSPS) is 12.4. The number of methoxy groups -OCH3 is 1. The Morgan fingerprint density at radius 2 is 2.11 bits per heavy atom. The van der Waals surface area contributed by atoms with Crippen LogP contribution in [0.5, 0.6) is 5.75 Å². The fourth-order valence-electron chi connectivity index (χ4n) is 2.12. The lowest BCUT2D eigenvalue weighted by Crippen LogP contribution is -2.21. The van der Waals surface area contributed by atoms with E-state index in [1.54, 1.807) is 7.11 Å². The molecular formula is C15H19BrN2O. The van der Waals surface area contributed by atoms with E-state index in [-0.39, 0.29) is 0 Å². The van der Waals surface area contributed by atoms with E-state index in [0.29, 0.717) is 4.83 Å². The molecule has 19 heavy (non-hydrogen) atoms. The van der Waals surface area contributed by atoms with E-state index in [2.05, 4.69) is 45.9 Å². The Balaban J connectivity index is 2.38. The number of alkyl halides is 1. The second kappa shape index (κ2) is 6.24. The number of rotatable bonds is 5. The summed E-state index contributed by atoms with van der Waals surface area (Å²) < 4.78 is 5.41. The SMILES string of the molecule is COc1cccc2c(N(C)CCC(C)Br)nccc12. The van der Waals surface area contributed by atoms with Crippen molar-refractivity contribution in [3.63, 3.8) is 0 Å². The van der Waals surface area contributed by atoms with Crippen molar-refractivity contribution in [2.75, 3.05) is 25.6 Å². The molecule has 0 aliphatic rings. The van der Waals surface area contributed by atoms with Gasteiger partial charge in [0.2, 0.25) is 0 Å². The lowest BCUT2D eigenvalue weighted by molar-refractivity contribution is 0.420. The van der Waals surface area contributed by atoms with E-state index >= 15 is 0 Å². The number of aromatic nitrogens is 1. The molecule has 0 aliphatic heterocycles. The molecular weight excluding hydrogens is 304 g/mol. The molecule has 3 nitrogen and oxygen atoms in total. The summed E-state index contributed by atoms with van der Waals surface area (Å²) in [4.78, 5) is 7.22. The number of hydrogen-bond acceptors (Lipinski definition) is 3. The standard InChI is InChI=1S/C15H19BrN2O/c1-11(16)8-10-18(2)15-13-5-4-6-14(19-3)12(13)7-9-17-15/h4-7,9,11H,8,10H2,1-3H3. The van der Waals surface area contributed by atoms with Crippen molar-refractivity contribution in [3.05, 3.63) is 30.5 Å². The summed E-state index contributed by atoms with van der Waals surface area (Å²) in [5.74, 6) is 1.90. The maximum Gasteiger partial charge on any atom is 0.136 e. The van der Waals surface area contributed by atoms with Crippen LogP contribution in [-0.2, 0) is 0 Å². The number of halogens is 1. The molecule has 0 spiro atoms. The molecule has 0 saturated carbocycles. The van der Waals surface area contributed by atoms with Crippen LogP contribution < -0.4 is 9.64 Å². The van der Waals surface area contributed by atoms with Crippen molar-refractivity contribution in [2.24, 2.45) is 0 Å². The van der Waals surface area contributed by atoms with E-state index < -0.39 is 0 Å². The van der Waals surface area contributed by atoms with E-state index in [1.165, 1.54) is 0 Å². The number of ether oxygens (including phenoxy) is 1. The van der Waals surface area contributed by atoms with E-state index in [4.69, 9.17) is 4.74 Å². The van der Waals surface area contributed by atoms with Crippen molar-refractivity contribution < 1.29 is 4.74 Å². The Morgan fingerprint density at radius 1 is 1.32 bits per heavy atom. The van der Waals surface area contributed by atoms with Gasteiger partial charge < -0.3 is 9.64 Å². The number of fused-ring (bicyclic) bond motifs is 1. The van der Waals surface area contributed by atoms with Crippen LogP contribution in [0.4, 0.5) is 5.82 Å². The highest BCUT2D eigenvalue weighted by Gasteiger charge is 2.10. The van der Waals surface area contributed by atoms with Crippen LogP contribution in [0.15, 0.2) is 30.5 Å². The van der Waals surface area contributed by atoms with E-state index in [0.717, 1.165) is 35.3 Å². The first-order valence-corrected chi connectivity index (χ1v) is 7.32. The van der Waals surface area contributed by atoms with Crippen molar-refractivity contribution in [1.29, 1.82) is 0 Å². The van der Waals surface area contributed by atoms with Crippen LogP contribution in [0.25, 0.3) is 10.8 Å². The summed E-state index contributed by atoms with van der Waals surface area (Å²) in [5, 5.41) is 2.24. The fraction of sp³-hybridized carbons (Fsp3) is 0.400. The highest BCUT2D eigenvalue weighted by Crippen LogP contribution is 2.30. The summed E-state index contributed by atoms with van der Waals surface area (Å²) in [7, 11) is 3.78. The van der Waals surface area contributed by atoms with Gasteiger partial charge in [0.05, 0.1) is 7.11 Å². The van der Waals surface area contributed by atoms with Crippen LogP contribution in [0.3, 0.4) is 0 Å². The van der Waals surface area contributed by atoms with Crippen molar-refractivity contribution in [2.45, 2.75) is 18.2 Å². The molecule has 0 amide bonds. The van der Waals surface area contributed by atoms with Gasteiger partial charge in [-0.1, -0.05) is 35.0 Å². The molecule has 0 fully saturated rings. The number of nitrogens with zero attached hydrogens (tertiary/aromatic N) is 2. The van der Waals surface area contributed by atoms with Crippen LogP contribution in [0.2, 0.25) is 0 Å². The Kier molecular flexibility index (Phi) is 4.64. The molecule has 1 heterocycles. The third kappa shape index (κ3) is 3.18. The van der Waals surface area contributed by atoms with Crippen molar-refractivity contribution in [3.8, 4) is 5.75 Å². The van der Waals surface area contributed by atoms with Gasteiger partial charge in [0.1, 0.15) is 11.6 Å². The van der Waals surface area contributed by atoms with Gasteiger partial charge in [-0.2, -0.15) is 0 Å². The highest BCUT2D eigenvalue weighted by atomic mass is 79.9. The minimum Gasteiger partial charge on any atom is -0.496 e. The number of anilines is 1. The van der Waals surface area contributed by atoms with E-state index in [1.807, 2.05) is 24.4 Å². The Labute approximate surface area is 122 Å². The van der Waals surface area contributed by atoms with Gasteiger partial charge in [-0.15, -0.1) is 0 Å². The third-order valence-electron chi connectivity index (χ3n) is 3.19. The molecule has 4 heteroatoms. The van der Waals surface area contributed by atoms with Gasteiger partial charge >= 0.3 is 0 Å². The first-order chi connectivity index (χ1) is 9.13. The van der Waals surface area contributed by atoms with Crippen LogP contribution in [-0.4, -0.2) is 30.5 Å². The minimum atomic E-state index is 0.513. The summed E-state index contributed by atoms with van der Waals surface area (Å²) in [6.45, 7) is 3.13. The second-order valence-electron chi connectivity index (χ2n) is 4.68. The first kappa shape index (κ1) is 14.1. The zero-order chi connectivity index (χ0) is 13.8. The summed E-state index contributed by atoms with van der Waals surface area (Å²) in [6, 6.07) is 8.08. The molecule has 1 unspecified atom stereocenters. The fourth-order valence-corrected chi connectivity index (χ4v) is 2.33. The molecule has 0 bridgehead atoms. The third-order valence-corrected chi connectivity index (χ3v) is 3.65. The first-order valence-electron chi connectivity index (χ1n) is 6.40. The molecule has 102 valence electrons. The molecule has 0 N–H and O–H groups in total. The van der Waals surface area contributed by atoms with Gasteiger partial charge in [0.25, 0.3) is 0 Å². The average Bonchev–Trinajstić information content (AvgIpc) is 2.43. The molecule has 2 aromatic rings. The number of hydrogen-bond donors (Lipinski definition) is 0. The summed E-state index contributed by atoms with van der Waals surface area (Å²) in [5.41, 5.74) is 0. The molecule has 1 atom stereocenters. The Bertz CT molecular complexity index is 557. The second-order valence-corrected chi connectivity index (χ2v) is 6.24. The van der Waals surface area contributed by atoms with Crippen LogP contribution in [0, 0.1) is 0 Å². The number of benzene rings is 1. The predicted octanol–water partition coefficient (Wildman–Crippen LogP) is 3.85. The lowest BCUT2D eigenvalue weighted by atomic mass is 10.1. The topological polar surface area (TPSA) is 25.4 Å². The predicted molar refractivity (Wildman–Crippen MR) is 84.6 cm³/mol. The monoisotopic (exact) mass is 322 g/mol. The number of pyridine rings is 1. The van der Waals surface area contributed by atoms with Crippen molar-refractivity contribution >= 4 is 32.5 Å². The van der Waals surface area contributed by atoms with Gasteiger partial charge in [-0.05, 0) is 18.6 Å². The molecule has 0 saturated heterocycles. The maximum atomic E-state index is 5.41. The molecule has 0 radical (unpaired) electrons. The summed E-state index contributed by atoms with van der Waals surface area (Å²) >= 11 is 3.58. The Morgan fingerprint density at radius 3 is 2.79 bits per heavy atom. The summed E-state index contributed by atoms with van der Waals surface area (Å²) in [6.07, 6.45) is 2.92. The molecule has 0 aliphatic carbocycles. The van der Waals surface area contributed by atoms with E-state index in [9.17, 15) is 0 Å². The smallest absolute Gasteiger partial charge is 0.136 e. The van der Waals surface area contributed by atoms with Gasteiger partial charge in [-0.25, -0.2) is 4.98 Å². The van der Waals surface area contributed by atoms with Crippen LogP contribution >= 0.6 is 15.9 Å². The quantitative estimate of drug-likeness (QED) is 0.782.